The molecule has 0 spiro atoms. The first-order chi connectivity index (χ1) is 6.56. The number of carbonyl (C=O) groups is 1. The van der Waals surface area contributed by atoms with Gasteiger partial charge >= 0.3 is 0 Å². The Labute approximate surface area is 84.1 Å². The van der Waals surface area contributed by atoms with Crippen molar-refractivity contribution in [2.24, 2.45) is 18.7 Å². The van der Waals surface area contributed by atoms with Crippen molar-refractivity contribution in [3.63, 3.8) is 0 Å². The van der Waals surface area contributed by atoms with Gasteiger partial charge in [-0.25, -0.2) is 0 Å². The van der Waals surface area contributed by atoms with Crippen molar-refractivity contribution in [3.05, 3.63) is 18.0 Å². The highest BCUT2D eigenvalue weighted by atomic mass is 16.1. The molecule has 0 aliphatic carbocycles. The molecule has 0 amide bonds. The molecule has 1 rings (SSSR count). The van der Waals surface area contributed by atoms with Gasteiger partial charge in [0.15, 0.2) is 5.78 Å². The van der Waals surface area contributed by atoms with E-state index < -0.39 is 6.04 Å². The molecule has 4 heteroatoms. The van der Waals surface area contributed by atoms with E-state index in [9.17, 15) is 4.79 Å². The quantitative estimate of drug-likeness (QED) is 0.780. The number of nitrogens with zero attached hydrogens (tertiary/aromatic N) is 2. The predicted molar refractivity (Wildman–Crippen MR) is 54.6 cm³/mol. The maximum Gasteiger partial charge on any atom is 0.156 e. The van der Waals surface area contributed by atoms with E-state index in [0.29, 0.717) is 0 Å². The monoisotopic (exact) mass is 195 g/mol. The van der Waals surface area contributed by atoms with Crippen LogP contribution in [-0.2, 0) is 11.8 Å². The van der Waals surface area contributed by atoms with Gasteiger partial charge in [0.1, 0.15) is 0 Å². The summed E-state index contributed by atoms with van der Waals surface area (Å²) < 4.78 is 1.65. The van der Waals surface area contributed by atoms with Crippen molar-refractivity contribution < 1.29 is 4.79 Å². The van der Waals surface area contributed by atoms with E-state index >= 15 is 0 Å². The summed E-state index contributed by atoms with van der Waals surface area (Å²) in [5.41, 5.74) is 6.62. The molecule has 4 nitrogen and oxygen atoms in total. The first-order valence-corrected chi connectivity index (χ1v) is 4.84. The van der Waals surface area contributed by atoms with Crippen molar-refractivity contribution in [1.82, 2.24) is 9.78 Å². The number of aryl methyl sites for hydroxylation is 1. The van der Waals surface area contributed by atoms with E-state index in [1.165, 1.54) is 0 Å². The van der Waals surface area contributed by atoms with E-state index in [-0.39, 0.29) is 11.7 Å². The number of aromatic nitrogens is 2. The van der Waals surface area contributed by atoms with Crippen LogP contribution in [0, 0.1) is 5.92 Å². The molecule has 2 atom stereocenters. The number of ketones is 1. The van der Waals surface area contributed by atoms with Gasteiger partial charge in [0.05, 0.1) is 12.2 Å². The first kappa shape index (κ1) is 10.9. The lowest BCUT2D eigenvalue weighted by Crippen LogP contribution is -2.26. The molecule has 78 valence electrons. The molecular formula is C10H17N3O. The third-order valence-corrected chi connectivity index (χ3v) is 2.49. The Bertz CT molecular complexity index is 319. The zero-order valence-corrected chi connectivity index (χ0v) is 8.90. The summed E-state index contributed by atoms with van der Waals surface area (Å²) in [6.07, 6.45) is 4.25. The Morgan fingerprint density at radius 3 is 2.79 bits per heavy atom. The SMILES string of the molecule is CCC(C)C(=O)C(N)c1cnn(C)c1. The summed E-state index contributed by atoms with van der Waals surface area (Å²) in [6.45, 7) is 3.89. The topological polar surface area (TPSA) is 60.9 Å². The highest BCUT2D eigenvalue weighted by molar-refractivity contribution is 5.86. The molecule has 0 bridgehead atoms. The zero-order valence-electron chi connectivity index (χ0n) is 8.90. The Morgan fingerprint density at radius 2 is 2.36 bits per heavy atom. The molecule has 2 unspecified atom stereocenters. The van der Waals surface area contributed by atoms with Gasteiger partial charge in [0, 0.05) is 24.7 Å². The molecule has 1 heterocycles. The maximum atomic E-state index is 11.7. The Morgan fingerprint density at radius 1 is 1.71 bits per heavy atom. The van der Waals surface area contributed by atoms with Crippen LogP contribution < -0.4 is 5.73 Å². The van der Waals surface area contributed by atoms with Crippen molar-refractivity contribution >= 4 is 5.78 Å². The lowest BCUT2D eigenvalue weighted by atomic mass is 9.95. The van der Waals surface area contributed by atoms with Crippen LogP contribution in [0.15, 0.2) is 12.4 Å². The molecule has 1 aromatic rings. The molecule has 0 aliphatic heterocycles. The van der Waals surface area contributed by atoms with Gasteiger partial charge < -0.3 is 5.73 Å². The molecule has 0 saturated carbocycles. The predicted octanol–water partition coefficient (Wildman–Crippen LogP) is 1.04. The minimum absolute atomic E-state index is 0.0187. The van der Waals surface area contributed by atoms with E-state index in [1.807, 2.05) is 20.9 Å². The van der Waals surface area contributed by atoms with Gasteiger partial charge in [0.2, 0.25) is 0 Å². The Kier molecular flexibility index (Phi) is 3.41. The fourth-order valence-electron chi connectivity index (χ4n) is 1.27. The smallest absolute Gasteiger partial charge is 0.156 e. The molecule has 0 radical (unpaired) electrons. The number of hydrogen-bond donors (Lipinski definition) is 1. The van der Waals surface area contributed by atoms with Crippen molar-refractivity contribution in [1.29, 1.82) is 0 Å². The summed E-state index contributed by atoms with van der Waals surface area (Å²) in [6, 6.07) is -0.529. The highest BCUT2D eigenvalue weighted by Crippen LogP contribution is 2.16. The maximum absolute atomic E-state index is 11.7. The molecule has 0 aromatic carbocycles. The van der Waals surface area contributed by atoms with Crippen molar-refractivity contribution in [2.75, 3.05) is 0 Å². The van der Waals surface area contributed by atoms with Crippen LogP contribution in [0.4, 0.5) is 0 Å². The first-order valence-electron chi connectivity index (χ1n) is 4.84. The van der Waals surface area contributed by atoms with Gasteiger partial charge in [-0.05, 0) is 6.42 Å². The molecule has 2 N–H and O–H groups in total. The second-order valence-electron chi connectivity index (χ2n) is 3.64. The summed E-state index contributed by atoms with van der Waals surface area (Å²) in [5.74, 6) is 0.103. The normalized spacial score (nSPS) is 15.1. The number of carbonyl (C=O) groups excluding carboxylic acids is 1. The van der Waals surface area contributed by atoms with E-state index in [4.69, 9.17) is 5.73 Å². The van der Waals surface area contributed by atoms with Crippen LogP contribution >= 0.6 is 0 Å². The van der Waals surface area contributed by atoms with Crippen LogP contribution in [0.2, 0.25) is 0 Å². The van der Waals surface area contributed by atoms with Gasteiger partial charge in [-0.15, -0.1) is 0 Å². The fraction of sp³-hybridized carbons (Fsp3) is 0.600. The average molecular weight is 195 g/mol. The van der Waals surface area contributed by atoms with Crippen LogP contribution in [0.25, 0.3) is 0 Å². The van der Waals surface area contributed by atoms with Gasteiger partial charge in [-0.3, -0.25) is 9.48 Å². The lowest BCUT2D eigenvalue weighted by Gasteiger charge is -2.12. The number of hydrogen-bond acceptors (Lipinski definition) is 3. The average Bonchev–Trinajstić information content (AvgIpc) is 2.61. The van der Waals surface area contributed by atoms with Crippen LogP contribution in [0.5, 0.6) is 0 Å². The number of rotatable bonds is 4. The standard InChI is InChI=1S/C10H17N3O/c1-4-7(2)10(14)9(11)8-5-12-13(3)6-8/h5-7,9H,4,11H2,1-3H3. The van der Waals surface area contributed by atoms with E-state index in [1.54, 1.807) is 17.1 Å². The third-order valence-electron chi connectivity index (χ3n) is 2.49. The summed E-state index contributed by atoms with van der Waals surface area (Å²) >= 11 is 0. The zero-order chi connectivity index (χ0) is 10.7. The molecule has 0 fully saturated rings. The van der Waals surface area contributed by atoms with Gasteiger partial charge in [-0.1, -0.05) is 13.8 Å². The third kappa shape index (κ3) is 2.20. The minimum Gasteiger partial charge on any atom is -0.318 e. The van der Waals surface area contributed by atoms with Crippen molar-refractivity contribution in [3.8, 4) is 0 Å². The highest BCUT2D eigenvalue weighted by Gasteiger charge is 2.21. The summed E-state index contributed by atoms with van der Waals surface area (Å²) in [5, 5.41) is 3.99. The largest absolute Gasteiger partial charge is 0.318 e. The fourth-order valence-corrected chi connectivity index (χ4v) is 1.27. The van der Waals surface area contributed by atoms with Crippen LogP contribution in [0.3, 0.4) is 0 Å². The van der Waals surface area contributed by atoms with E-state index in [2.05, 4.69) is 5.10 Å². The van der Waals surface area contributed by atoms with Crippen molar-refractivity contribution in [2.45, 2.75) is 26.3 Å². The van der Waals surface area contributed by atoms with Gasteiger partial charge in [-0.2, -0.15) is 5.10 Å². The molecule has 14 heavy (non-hydrogen) atoms. The van der Waals surface area contributed by atoms with Crippen LogP contribution in [0.1, 0.15) is 31.9 Å². The van der Waals surface area contributed by atoms with Gasteiger partial charge in [0.25, 0.3) is 0 Å². The number of Topliss-reactive ketones (excluding diaryl/α,β-unsaturated/α-hetero) is 1. The Hall–Kier alpha value is -1.16. The second kappa shape index (κ2) is 4.37. The molecule has 0 saturated heterocycles. The minimum atomic E-state index is -0.529. The lowest BCUT2D eigenvalue weighted by molar-refractivity contribution is -0.123. The molecular weight excluding hydrogens is 178 g/mol. The number of nitrogens with two attached hydrogens (primary N) is 1. The summed E-state index contributed by atoms with van der Waals surface area (Å²) in [4.78, 5) is 11.7. The van der Waals surface area contributed by atoms with E-state index in [0.717, 1.165) is 12.0 Å². The molecule has 0 aliphatic rings. The summed E-state index contributed by atoms with van der Waals surface area (Å²) in [7, 11) is 1.81. The molecule has 1 aromatic heterocycles. The van der Waals surface area contributed by atoms with Crippen LogP contribution in [-0.4, -0.2) is 15.6 Å². The second-order valence-corrected chi connectivity index (χ2v) is 3.64. The Balaban J connectivity index is 2.75.